The van der Waals surface area contributed by atoms with Crippen molar-refractivity contribution < 1.29 is 17.4 Å². The lowest BCUT2D eigenvalue weighted by Crippen LogP contribution is -2.17. The third-order valence-corrected chi connectivity index (χ3v) is 3.44. The number of hydrogen-bond donors (Lipinski definition) is 2. The molecule has 6 nitrogen and oxygen atoms in total. The highest BCUT2D eigenvalue weighted by molar-refractivity contribution is 7.94. The Balaban J connectivity index is 2.16. The molecule has 0 aliphatic carbocycles. The Bertz CT molecular complexity index is 666. The second-order valence-corrected chi connectivity index (χ2v) is 5.50. The van der Waals surface area contributed by atoms with Gasteiger partial charge in [-0.15, -0.1) is 0 Å². The van der Waals surface area contributed by atoms with Crippen molar-refractivity contribution in [1.82, 2.24) is 15.0 Å². The van der Waals surface area contributed by atoms with Gasteiger partial charge in [-0.25, -0.2) is 0 Å². The summed E-state index contributed by atoms with van der Waals surface area (Å²) in [7, 11) is 1.56. The average Bonchev–Trinajstić information content (AvgIpc) is 2.46. The van der Waals surface area contributed by atoms with E-state index in [-0.39, 0.29) is 12.0 Å². The van der Waals surface area contributed by atoms with Gasteiger partial charge >= 0.3 is 6.18 Å². The number of nitrogens with zero attached hydrogens (tertiary/aromatic N) is 3. The lowest BCUT2D eigenvalue weighted by atomic mass is 10.1. The van der Waals surface area contributed by atoms with E-state index >= 15 is 0 Å². The first-order valence-electron chi connectivity index (χ1n) is 6.45. The molecule has 0 fully saturated rings. The van der Waals surface area contributed by atoms with Crippen molar-refractivity contribution in [3.63, 3.8) is 0 Å². The van der Waals surface area contributed by atoms with E-state index in [0.29, 0.717) is 0 Å². The molecule has 0 bridgehead atoms. The quantitative estimate of drug-likeness (QED) is 0.804. The summed E-state index contributed by atoms with van der Waals surface area (Å²) in [6, 6.07) is 7.01. The zero-order chi connectivity index (χ0) is 17.0. The highest BCUT2D eigenvalue weighted by Crippen LogP contribution is 2.28. The molecule has 1 heterocycles. The molecule has 0 radical (unpaired) electrons. The molecule has 3 N–H and O–H groups in total. The summed E-state index contributed by atoms with van der Waals surface area (Å²) in [5, 5.41) is 2.78. The number of alkyl halides is 3. The number of rotatable bonds is 5. The van der Waals surface area contributed by atoms with Gasteiger partial charge in [-0.2, -0.15) is 28.1 Å². The summed E-state index contributed by atoms with van der Waals surface area (Å²) in [6.07, 6.45) is -4.68. The predicted molar refractivity (Wildman–Crippen MR) is 80.6 cm³/mol. The van der Waals surface area contributed by atoms with Crippen LogP contribution >= 0.6 is 12.0 Å². The number of nitrogens with two attached hydrogens (primary N) is 1. The van der Waals surface area contributed by atoms with E-state index in [0.717, 1.165) is 10.5 Å². The van der Waals surface area contributed by atoms with E-state index in [1.165, 1.54) is 12.0 Å². The van der Waals surface area contributed by atoms with Crippen LogP contribution in [0.25, 0.3) is 0 Å². The summed E-state index contributed by atoms with van der Waals surface area (Å²) in [6.45, 7) is 1.77. The molecule has 1 unspecified atom stereocenters. The van der Waals surface area contributed by atoms with Crippen molar-refractivity contribution in [2.24, 2.45) is 0 Å². The molecule has 1 aromatic carbocycles. The fraction of sp³-hybridized carbons (Fsp3) is 0.308. The second kappa shape index (κ2) is 7.01. The molecule has 0 saturated heterocycles. The van der Waals surface area contributed by atoms with Crippen LogP contribution in [0.3, 0.4) is 0 Å². The fourth-order valence-corrected chi connectivity index (χ4v) is 2.21. The summed E-state index contributed by atoms with van der Waals surface area (Å²) in [5.74, 6) is -2.05. The molecule has 0 aliphatic rings. The monoisotopic (exact) mass is 345 g/mol. The summed E-state index contributed by atoms with van der Waals surface area (Å²) in [5.41, 5.74) is 6.15. The largest absolute Gasteiger partial charge is 0.451 e. The zero-order valence-corrected chi connectivity index (χ0v) is 13.1. The SMILES string of the molecule is COSc1ccc(C(C)Nc2nc(N)nc(C(F)(F)F)n2)cc1. The van der Waals surface area contributed by atoms with Crippen LogP contribution in [0.1, 0.15) is 24.4 Å². The maximum Gasteiger partial charge on any atom is 0.451 e. The van der Waals surface area contributed by atoms with E-state index < -0.39 is 17.9 Å². The van der Waals surface area contributed by atoms with E-state index in [9.17, 15) is 13.2 Å². The van der Waals surface area contributed by atoms with Crippen molar-refractivity contribution in [1.29, 1.82) is 0 Å². The van der Waals surface area contributed by atoms with E-state index in [4.69, 9.17) is 9.92 Å². The van der Waals surface area contributed by atoms with Crippen molar-refractivity contribution >= 4 is 23.9 Å². The minimum Gasteiger partial charge on any atom is -0.368 e. The predicted octanol–water partition coefficient (Wildman–Crippen LogP) is 3.30. The van der Waals surface area contributed by atoms with Crippen LogP contribution in [-0.2, 0) is 10.4 Å². The number of benzene rings is 1. The average molecular weight is 345 g/mol. The first-order chi connectivity index (χ1) is 10.8. The highest BCUT2D eigenvalue weighted by Gasteiger charge is 2.35. The Morgan fingerprint density at radius 3 is 2.39 bits per heavy atom. The molecule has 1 aromatic heterocycles. The Hall–Kier alpha value is -2.07. The molecule has 0 amide bonds. The van der Waals surface area contributed by atoms with Crippen LogP contribution in [0, 0.1) is 0 Å². The number of hydrogen-bond acceptors (Lipinski definition) is 7. The van der Waals surface area contributed by atoms with E-state index in [1.54, 1.807) is 14.0 Å². The van der Waals surface area contributed by atoms with Gasteiger partial charge in [0.2, 0.25) is 17.7 Å². The molecule has 0 aliphatic heterocycles. The van der Waals surface area contributed by atoms with Gasteiger partial charge in [0.1, 0.15) is 0 Å². The Morgan fingerprint density at radius 2 is 1.83 bits per heavy atom. The molecule has 0 saturated carbocycles. The minimum absolute atomic E-state index is 0.229. The molecule has 1 atom stereocenters. The topological polar surface area (TPSA) is 86.0 Å². The van der Waals surface area contributed by atoms with Crippen LogP contribution in [0.5, 0.6) is 0 Å². The van der Waals surface area contributed by atoms with E-state index in [1.807, 2.05) is 24.3 Å². The van der Waals surface area contributed by atoms with Gasteiger partial charge in [0.25, 0.3) is 0 Å². The van der Waals surface area contributed by atoms with Gasteiger partial charge in [0.05, 0.1) is 13.2 Å². The van der Waals surface area contributed by atoms with Crippen molar-refractivity contribution in [3.05, 3.63) is 35.7 Å². The summed E-state index contributed by atoms with van der Waals surface area (Å²) < 4.78 is 43.0. The highest BCUT2D eigenvalue weighted by atomic mass is 32.2. The fourth-order valence-electron chi connectivity index (χ4n) is 1.77. The van der Waals surface area contributed by atoms with Crippen molar-refractivity contribution in [3.8, 4) is 0 Å². The van der Waals surface area contributed by atoms with Crippen LogP contribution in [0.4, 0.5) is 25.1 Å². The van der Waals surface area contributed by atoms with Crippen molar-refractivity contribution in [2.75, 3.05) is 18.2 Å². The number of halogens is 3. The van der Waals surface area contributed by atoms with Crippen LogP contribution in [0.2, 0.25) is 0 Å². The van der Waals surface area contributed by atoms with Crippen LogP contribution < -0.4 is 11.1 Å². The second-order valence-electron chi connectivity index (χ2n) is 4.52. The molecule has 2 rings (SSSR count). The Kier molecular flexibility index (Phi) is 5.26. The third kappa shape index (κ3) is 4.70. The Labute approximate surface area is 134 Å². The van der Waals surface area contributed by atoms with Gasteiger partial charge in [0.15, 0.2) is 0 Å². The van der Waals surface area contributed by atoms with Gasteiger partial charge in [-0.1, -0.05) is 12.1 Å². The first kappa shape index (κ1) is 17.3. The van der Waals surface area contributed by atoms with Gasteiger partial charge in [-0.05, 0) is 24.6 Å². The van der Waals surface area contributed by atoms with Gasteiger partial charge < -0.3 is 15.2 Å². The molecular weight excluding hydrogens is 331 g/mol. The zero-order valence-electron chi connectivity index (χ0n) is 12.3. The lowest BCUT2D eigenvalue weighted by molar-refractivity contribution is -0.144. The standard InChI is InChI=1S/C13H14F3N5OS/c1-7(8-3-5-9(6-4-8)23-22-2)18-12-20-10(13(14,15)16)19-11(17)21-12/h3-7H,1-2H3,(H3,17,18,19,20,21). The van der Waals surface area contributed by atoms with Crippen LogP contribution in [-0.4, -0.2) is 22.1 Å². The maximum absolute atomic E-state index is 12.7. The first-order valence-corrected chi connectivity index (χ1v) is 7.19. The summed E-state index contributed by atoms with van der Waals surface area (Å²) >= 11 is 1.21. The lowest BCUT2D eigenvalue weighted by Gasteiger charge is -2.15. The van der Waals surface area contributed by atoms with Gasteiger partial charge in [-0.3, -0.25) is 0 Å². The molecule has 10 heteroatoms. The number of nitrogen functional groups attached to an aromatic ring is 1. The normalized spacial score (nSPS) is 12.9. The third-order valence-electron chi connectivity index (χ3n) is 2.81. The molecule has 0 spiro atoms. The number of nitrogens with one attached hydrogen (secondary N) is 1. The van der Waals surface area contributed by atoms with Crippen LogP contribution in [0.15, 0.2) is 29.2 Å². The summed E-state index contributed by atoms with van der Waals surface area (Å²) in [4.78, 5) is 11.0. The number of anilines is 2. The molecule has 2 aromatic rings. The minimum atomic E-state index is -4.68. The molecule has 124 valence electrons. The van der Waals surface area contributed by atoms with E-state index in [2.05, 4.69) is 20.3 Å². The Morgan fingerprint density at radius 1 is 1.17 bits per heavy atom. The smallest absolute Gasteiger partial charge is 0.368 e. The van der Waals surface area contributed by atoms with Gasteiger partial charge in [0, 0.05) is 16.9 Å². The maximum atomic E-state index is 12.7. The molecule has 23 heavy (non-hydrogen) atoms. The molecular formula is C13H14F3N5OS. The van der Waals surface area contributed by atoms with Crippen molar-refractivity contribution in [2.45, 2.75) is 24.0 Å². The number of aromatic nitrogens is 3.